The average Bonchev–Trinajstić information content (AvgIpc) is 2.62. The Kier molecular flexibility index (Phi) is 5.92. The van der Waals surface area contributed by atoms with E-state index in [-0.39, 0.29) is 5.54 Å². The third kappa shape index (κ3) is 5.58. The summed E-state index contributed by atoms with van der Waals surface area (Å²) < 4.78 is 0. The standard InChI is InChI=1S/C22H30N4/c1-22(2,3)26-21-24-19(18-12-8-5-9-13-18)16-20(25-21)23-15-14-17-10-6-4-7-11-17/h5,8-10,12-13,16H,4,6-7,11,14-15H2,1-3H3,(H2,23,24,25,26). The zero-order chi connectivity index (χ0) is 18.4. The molecule has 26 heavy (non-hydrogen) atoms. The van der Waals surface area contributed by atoms with Gasteiger partial charge in [-0.3, -0.25) is 0 Å². The average molecular weight is 351 g/mol. The van der Waals surface area contributed by atoms with E-state index in [2.05, 4.69) is 54.6 Å². The van der Waals surface area contributed by atoms with Gasteiger partial charge in [-0.05, 0) is 52.9 Å². The first-order valence-electron chi connectivity index (χ1n) is 9.64. The van der Waals surface area contributed by atoms with Gasteiger partial charge < -0.3 is 10.6 Å². The molecule has 0 radical (unpaired) electrons. The normalized spacial score (nSPS) is 14.7. The molecular formula is C22H30N4. The number of hydrogen-bond donors (Lipinski definition) is 2. The fourth-order valence-corrected chi connectivity index (χ4v) is 3.17. The molecular weight excluding hydrogens is 320 g/mol. The molecule has 0 saturated carbocycles. The highest BCUT2D eigenvalue weighted by Gasteiger charge is 2.14. The predicted octanol–water partition coefficient (Wildman–Crippen LogP) is 5.66. The third-order valence-corrected chi connectivity index (χ3v) is 4.42. The monoisotopic (exact) mass is 350 g/mol. The second kappa shape index (κ2) is 8.35. The van der Waals surface area contributed by atoms with Gasteiger partial charge in [0.2, 0.25) is 5.95 Å². The predicted molar refractivity (Wildman–Crippen MR) is 111 cm³/mol. The molecule has 1 aromatic carbocycles. The van der Waals surface area contributed by atoms with Crippen LogP contribution in [-0.2, 0) is 0 Å². The van der Waals surface area contributed by atoms with E-state index in [9.17, 15) is 0 Å². The van der Waals surface area contributed by atoms with Crippen LogP contribution in [0.25, 0.3) is 11.3 Å². The lowest BCUT2D eigenvalue weighted by molar-refractivity contribution is 0.626. The minimum Gasteiger partial charge on any atom is -0.370 e. The van der Waals surface area contributed by atoms with Crippen LogP contribution in [0, 0.1) is 0 Å². The van der Waals surface area contributed by atoms with Crippen molar-refractivity contribution >= 4 is 11.8 Å². The van der Waals surface area contributed by atoms with Gasteiger partial charge in [-0.15, -0.1) is 0 Å². The summed E-state index contributed by atoms with van der Waals surface area (Å²) >= 11 is 0. The molecule has 1 aromatic heterocycles. The lowest BCUT2D eigenvalue weighted by atomic mass is 9.97. The van der Waals surface area contributed by atoms with E-state index in [1.807, 2.05) is 24.3 Å². The first-order chi connectivity index (χ1) is 12.5. The number of nitrogens with one attached hydrogen (secondary N) is 2. The first kappa shape index (κ1) is 18.4. The maximum Gasteiger partial charge on any atom is 0.225 e. The van der Waals surface area contributed by atoms with E-state index in [0.29, 0.717) is 5.95 Å². The summed E-state index contributed by atoms with van der Waals surface area (Å²) in [6.45, 7) is 7.27. The van der Waals surface area contributed by atoms with Gasteiger partial charge in [0.25, 0.3) is 0 Å². The van der Waals surface area contributed by atoms with Crippen molar-refractivity contribution in [3.63, 3.8) is 0 Å². The minimum atomic E-state index is -0.0838. The number of nitrogens with zero attached hydrogens (tertiary/aromatic N) is 2. The lowest BCUT2D eigenvalue weighted by Gasteiger charge is -2.21. The van der Waals surface area contributed by atoms with Gasteiger partial charge >= 0.3 is 0 Å². The fraction of sp³-hybridized carbons (Fsp3) is 0.455. The highest BCUT2D eigenvalue weighted by atomic mass is 15.2. The number of aromatic nitrogens is 2. The maximum absolute atomic E-state index is 4.71. The van der Waals surface area contributed by atoms with Crippen molar-refractivity contribution < 1.29 is 0 Å². The van der Waals surface area contributed by atoms with Gasteiger partial charge in [-0.25, -0.2) is 4.98 Å². The van der Waals surface area contributed by atoms with Crippen LogP contribution in [0.5, 0.6) is 0 Å². The fourth-order valence-electron chi connectivity index (χ4n) is 3.17. The van der Waals surface area contributed by atoms with Gasteiger partial charge in [0, 0.05) is 23.7 Å². The van der Waals surface area contributed by atoms with Crippen molar-refractivity contribution in [1.82, 2.24) is 9.97 Å². The smallest absolute Gasteiger partial charge is 0.225 e. The topological polar surface area (TPSA) is 49.8 Å². The van der Waals surface area contributed by atoms with Crippen LogP contribution in [0.1, 0.15) is 52.9 Å². The summed E-state index contributed by atoms with van der Waals surface area (Å²) in [6, 6.07) is 12.3. The SMILES string of the molecule is CC(C)(C)Nc1nc(NCCC2=CCCCC2)cc(-c2ccccc2)n1. The summed E-state index contributed by atoms with van der Waals surface area (Å²) in [6.07, 6.45) is 8.65. The summed E-state index contributed by atoms with van der Waals surface area (Å²) in [4.78, 5) is 9.39. The Morgan fingerprint density at radius 3 is 2.54 bits per heavy atom. The molecule has 138 valence electrons. The maximum atomic E-state index is 4.71. The Morgan fingerprint density at radius 2 is 1.85 bits per heavy atom. The van der Waals surface area contributed by atoms with Crippen LogP contribution >= 0.6 is 0 Å². The van der Waals surface area contributed by atoms with E-state index < -0.39 is 0 Å². The molecule has 0 bridgehead atoms. The van der Waals surface area contributed by atoms with E-state index in [4.69, 9.17) is 4.98 Å². The Bertz CT molecular complexity index is 744. The number of allylic oxidation sites excluding steroid dienone is 1. The lowest BCUT2D eigenvalue weighted by Crippen LogP contribution is -2.27. The van der Waals surface area contributed by atoms with E-state index in [1.165, 1.54) is 25.7 Å². The Balaban J connectivity index is 1.76. The van der Waals surface area contributed by atoms with Crippen LogP contribution in [0.2, 0.25) is 0 Å². The van der Waals surface area contributed by atoms with Gasteiger partial charge in [0.05, 0.1) is 5.69 Å². The molecule has 1 aliphatic carbocycles. The summed E-state index contributed by atoms with van der Waals surface area (Å²) in [5, 5.41) is 6.89. The number of hydrogen-bond acceptors (Lipinski definition) is 4. The quantitative estimate of drug-likeness (QED) is 0.660. The molecule has 0 amide bonds. The van der Waals surface area contributed by atoms with Gasteiger partial charge in [-0.1, -0.05) is 42.0 Å². The summed E-state index contributed by atoms with van der Waals surface area (Å²) in [7, 11) is 0. The summed E-state index contributed by atoms with van der Waals surface area (Å²) in [5.41, 5.74) is 3.53. The summed E-state index contributed by atoms with van der Waals surface area (Å²) in [5.74, 6) is 1.54. The molecule has 4 nitrogen and oxygen atoms in total. The van der Waals surface area contributed by atoms with Crippen LogP contribution < -0.4 is 10.6 Å². The molecule has 0 unspecified atom stereocenters. The van der Waals surface area contributed by atoms with Crippen LogP contribution in [0.3, 0.4) is 0 Å². The van der Waals surface area contributed by atoms with Crippen molar-refractivity contribution in [2.75, 3.05) is 17.2 Å². The minimum absolute atomic E-state index is 0.0838. The number of anilines is 2. The molecule has 0 aliphatic heterocycles. The molecule has 3 rings (SSSR count). The zero-order valence-corrected chi connectivity index (χ0v) is 16.2. The van der Waals surface area contributed by atoms with E-state index in [0.717, 1.165) is 30.0 Å². The molecule has 0 fully saturated rings. The van der Waals surface area contributed by atoms with Gasteiger partial charge in [0.1, 0.15) is 5.82 Å². The van der Waals surface area contributed by atoms with Crippen molar-refractivity contribution in [3.8, 4) is 11.3 Å². The highest BCUT2D eigenvalue weighted by molar-refractivity contribution is 5.64. The molecule has 0 saturated heterocycles. The highest BCUT2D eigenvalue weighted by Crippen LogP contribution is 2.24. The molecule has 0 atom stereocenters. The van der Waals surface area contributed by atoms with Crippen LogP contribution in [-0.4, -0.2) is 22.1 Å². The Morgan fingerprint density at radius 1 is 1.04 bits per heavy atom. The Labute approximate surface area is 157 Å². The van der Waals surface area contributed by atoms with E-state index in [1.54, 1.807) is 5.57 Å². The zero-order valence-electron chi connectivity index (χ0n) is 16.2. The molecule has 2 aromatic rings. The molecule has 2 N–H and O–H groups in total. The largest absolute Gasteiger partial charge is 0.370 e. The van der Waals surface area contributed by atoms with Crippen molar-refractivity contribution in [3.05, 3.63) is 48.0 Å². The molecule has 4 heteroatoms. The van der Waals surface area contributed by atoms with Gasteiger partial charge in [-0.2, -0.15) is 4.98 Å². The van der Waals surface area contributed by atoms with Gasteiger partial charge in [0.15, 0.2) is 0 Å². The van der Waals surface area contributed by atoms with Crippen molar-refractivity contribution in [2.45, 2.75) is 58.4 Å². The first-order valence-corrected chi connectivity index (χ1v) is 9.64. The second-order valence-electron chi connectivity index (χ2n) is 7.99. The second-order valence-corrected chi connectivity index (χ2v) is 7.99. The molecule has 0 spiro atoms. The number of benzene rings is 1. The third-order valence-electron chi connectivity index (χ3n) is 4.42. The number of rotatable bonds is 6. The van der Waals surface area contributed by atoms with Crippen molar-refractivity contribution in [2.24, 2.45) is 0 Å². The van der Waals surface area contributed by atoms with Crippen LogP contribution in [0.15, 0.2) is 48.0 Å². The van der Waals surface area contributed by atoms with Crippen LogP contribution in [0.4, 0.5) is 11.8 Å². The molecule has 1 aliphatic rings. The Hall–Kier alpha value is -2.36. The van der Waals surface area contributed by atoms with E-state index >= 15 is 0 Å². The van der Waals surface area contributed by atoms with Crippen molar-refractivity contribution in [1.29, 1.82) is 0 Å². The molecule has 1 heterocycles.